The van der Waals surface area contributed by atoms with Crippen LogP contribution in [0.3, 0.4) is 0 Å². The molecule has 1 saturated heterocycles. The molecule has 2 rings (SSSR count). The topological polar surface area (TPSA) is 49.6 Å². The van der Waals surface area contributed by atoms with E-state index in [1.807, 2.05) is 12.1 Å². The van der Waals surface area contributed by atoms with Gasteiger partial charge in [-0.3, -0.25) is 10.1 Å². The van der Waals surface area contributed by atoms with Crippen molar-refractivity contribution in [2.24, 2.45) is 0 Å². The molecule has 1 aromatic carbocycles. The number of rotatable bonds is 2. The van der Waals surface area contributed by atoms with E-state index in [1.165, 1.54) is 0 Å². The third-order valence-corrected chi connectivity index (χ3v) is 3.88. The number of nitrogens with zero attached hydrogens (tertiary/aromatic N) is 3. The van der Waals surface area contributed by atoms with Gasteiger partial charge in [-0.25, -0.2) is 0 Å². The molecule has 0 N–H and O–H groups in total. The van der Waals surface area contributed by atoms with Crippen LogP contribution in [0.2, 0.25) is 0 Å². The summed E-state index contributed by atoms with van der Waals surface area (Å²) in [5.41, 5.74) is 2.10. The molecule has 1 aliphatic heterocycles. The third-order valence-electron chi connectivity index (χ3n) is 3.88. The van der Waals surface area contributed by atoms with Gasteiger partial charge in [-0.2, -0.15) is 0 Å². The van der Waals surface area contributed by atoms with Crippen LogP contribution in [0.1, 0.15) is 26.3 Å². The van der Waals surface area contributed by atoms with Crippen LogP contribution < -0.4 is 4.90 Å². The van der Waals surface area contributed by atoms with E-state index in [1.54, 1.807) is 6.07 Å². The summed E-state index contributed by atoms with van der Waals surface area (Å²) in [6.45, 7) is 9.94. The summed E-state index contributed by atoms with van der Waals surface area (Å²) < 4.78 is 0. The zero-order valence-corrected chi connectivity index (χ0v) is 12.7. The quantitative estimate of drug-likeness (QED) is 0.616. The van der Waals surface area contributed by atoms with E-state index in [9.17, 15) is 10.1 Å². The lowest BCUT2D eigenvalue weighted by molar-refractivity contribution is -0.384. The molecule has 1 aliphatic rings. The predicted molar refractivity (Wildman–Crippen MR) is 81.5 cm³/mol. The number of nitro groups is 1. The molecule has 5 nitrogen and oxygen atoms in total. The monoisotopic (exact) mass is 277 g/mol. The van der Waals surface area contributed by atoms with E-state index in [0.717, 1.165) is 37.4 Å². The van der Waals surface area contributed by atoms with Crippen LogP contribution in [0, 0.1) is 10.1 Å². The maximum atomic E-state index is 11.3. The molecular weight excluding hydrogens is 254 g/mol. The van der Waals surface area contributed by atoms with Crippen molar-refractivity contribution in [3.63, 3.8) is 0 Å². The Labute approximate surface area is 120 Å². The van der Waals surface area contributed by atoms with Crippen molar-refractivity contribution in [2.75, 3.05) is 38.1 Å². The van der Waals surface area contributed by atoms with Crippen molar-refractivity contribution in [2.45, 2.75) is 26.2 Å². The normalized spacial score (nSPS) is 17.3. The number of likely N-dealkylation sites (N-methyl/N-ethyl adjacent to an activating group) is 1. The number of nitro benzene ring substituents is 1. The summed E-state index contributed by atoms with van der Waals surface area (Å²) in [5.74, 6) is 0. The number of hydrogen-bond acceptors (Lipinski definition) is 4. The minimum Gasteiger partial charge on any atom is -0.363 e. The molecule has 0 saturated carbocycles. The van der Waals surface area contributed by atoms with Crippen molar-refractivity contribution in [1.82, 2.24) is 4.90 Å². The van der Waals surface area contributed by atoms with Gasteiger partial charge in [0.15, 0.2) is 0 Å². The van der Waals surface area contributed by atoms with E-state index >= 15 is 0 Å². The molecule has 0 unspecified atom stereocenters. The second-order valence-electron chi connectivity index (χ2n) is 6.50. The molecule has 0 radical (unpaired) electrons. The van der Waals surface area contributed by atoms with Gasteiger partial charge < -0.3 is 9.80 Å². The van der Waals surface area contributed by atoms with Crippen molar-refractivity contribution >= 4 is 11.4 Å². The molecule has 0 spiro atoms. The van der Waals surface area contributed by atoms with Crippen LogP contribution in [0.5, 0.6) is 0 Å². The van der Waals surface area contributed by atoms with Crippen LogP contribution in [0.25, 0.3) is 0 Å². The summed E-state index contributed by atoms with van der Waals surface area (Å²) in [6, 6.07) is 5.51. The van der Waals surface area contributed by atoms with Crippen molar-refractivity contribution in [3.05, 3.63) is 33.9 Å². The molecule has 0 amide bonds. The zero-order chi connectivity index (χ0) is 14.9. The Morgan fingerprint density at radius 1 is 1.15 bits per heavy atom. The van der Waals surface area contributed by atoms with Crippen molar-refractivity contribution in [3.8, 4) is 0 Å². The predicted octanol–water partition coefficient (Wildman–Crippen LogP) is 2.64. The number of benzene rings is 1. The highest BCUT2D eigenvalue weighted by Crippen LogP contribution is 2.34. The summed E-state index contributed by atoms with van der Waals surface area (Å²) in [6.07, 6.45) is 0. The Kier molecular flexibility index (Phi) is 3.99. The van der Waals surface area contributed by atoms with Crippen LogP contribution in [0.4, 0.5) is 11.4 Å². The molecule has 20 heavy (non-hydrogen) atoms. The van der Waals surface area contributed by atoms with Crippen molar-refractivity contribution < 1.29 is 4.92 Å². The molecule has 0 atom stereocenters. The second kappa shape index (κ2) is 5.40. The highest BCUT2D eigenvalue weighted by atomic mass is 16.6. The zero-order valence-electron chi connectivity index (χ0n) is 12.7. The first-order valence-corrected chi connectivity index (χ1v) is 7.01. The first-order chi connectivity index (χ1) is 9.29. The Balaban J connectivity index is 2.39. The molecule has 0 aromatic heterocycles. The molecule has 0 aliphatic carbocycles. The van der Waals surface area contributed by atoms with Gasteiger partial charge in [0, 0.05) is 32.2 Å². The largest absolute Gasteiger partial charge is 0.363 e. The lowest BCUT2D eigenvalue weighted by atomic mass is 9.86. The lowest BCUT2D eigenvalue weighted by Gasteiger charge is -2.34. The van der Waals surface area contributed by atoms with Gasteiger partial charge in [-0.05, 0) is 24.1 Å². The average molecular weight is 277 g/mol. The molecular formula is C15H23N3O2. The van der Waals surface area contributed by atoms with Gasteiger partial charge in [0.05, 0.1) is 4.92 Å². The first kappa shape index (κ1) is 14.8. The van der Waals surface area contributed by atoms with Gasteiger partial charge in [0.2, 0.25) is 0 Å². The molecule has 5 heteroatoms. The van der Waals surface area contributed by atoms with Crippen LogP contribution in [-0.2, 0) is 5.41 Å². The Bertz CT molecular complexity index is 500. The Morgan fingerprint density at radius 2 is 1.75 bits per heavy atom. The van der Waals surface area contributed by atoms with E-state index in [-0.39, 0.29) is 16.0 Å². The van der Waals surface area contributed by atoms with Crippen LogP contribution in [0.15, 0.2) is 18.2 Å². The van der Waals surface area contributed by atoms with E-state index in [4.69, 9.17) is 0 Å². The number of hydrogen-bond donors (Lipinski definition) is 0. The highest BCUT2D eigenvalue weighted by molar-refractivity contribution is 5.65. The van der Waals surface area contributed by atoms with Gasteiger partial charge in [0.25, 0.3) is 5.69 Å². The number of piperazine rings is 1. The summed E-state index contributed by atoms with van der Waals surface area (Å²) in [7, 11) is 2.08. The number of anilines is 1. The lowest BCUT2D eigenvalue weighted by Crippen LogP contribution is -2.44. The van der Waals surface area contributed by atoms with E-state index < -0.39 is 0 Å². The first-order valence-electron chi connectivity index (χ1n) is 7.01. The standard InChI is InChI=1S/C15H23N3O2/c1-15(2,3)12-5-6-13(18(19)20)14(11-12)17-9-7-16(4)8-10-17/h5-6,11H,7-10H2,1-4H3. The summed E-state index contributed by atoms with van der Waals surface area (Å²) >= 11 is 0. The second-order valence-corrected chi connectivity index (χ2v) is 6.50. The maximum absolute atomic E-state index is 11.3. The van der Waals surface area contributed by atoms with E-state index in [2.05, 4.69) is 37.6 Å². The van der Waals surface area contributed by atoms with Crippen LogP contribution >= 0.6 is 0 Å². The summed E-state index contributed by atoms with van der Waals surface area (Å²) in [5, 5.41) is 11.3. The molecule has 1 aromatic rings. The van der Waals surface area contributed by atoms with Crippen LogP contribution in [-0.4, -0.2) is 43.0 Å². The van der Waals surface area contributed by atoms with Crippen molar-refractivity contribution in [1.29, 1.82) is 0 Å². The molecule has 110 valence electrons. The molecule has 1 fully saturated rings. The van der Waals surface area contributed by atoms with Gasteiger partial charge in [-0.15, -0.1) is 0 Å². The van der Waals surface area contributed by atoms with E-state index in [0.29, 0.717) is 0 Å². The fourth-order valence-corrected chi connectivity index (χ4v) is 2.44. The SMILES string of the molecule is CN1CCN(c2cc(C(C)(C)C)ccc2[N+](=O)[O-])CC1. The third kappa shape index (κ3) is 3.10. The van der Waals surface area contributed by atoms with Gasteiger partial charge in [-0.1, -0.05) is 26.8 Å². The Morgan fingerprint density at radius 3 is 2.25 bits per heavy atom. The average Bonchev–Trinajstić information content (AvgIpc) is 2.37. The molecule has 0 bridgehead atoms. The maximum Gasteiger partial charge on any atom is 0.292 e. The minimum absolute atomic E-state index is 0.00351. The fourth-order valence-electron chi connectivity index (χ4n) is 2.44. The Hall–Kier alpha value is -1.62. The fraction of sp³-hybridized carbons (Fsp3) is 0.600. The highest BCUT2D eigenvalue weighted by Gasteiger charge is 2.25. The summed E-state index contributed by atoms with van der Waals surface area (Å²) in [4.78, 5) is 15.4. The van der Waals surface area contributed by atoms with Gasteiger partial charge >= 0.3 is 0 Å². The molecule has 1 heterocycles. The van der Waals surface area contributed by atoms with Gasteiger partial charge in [0.1, 0.15) is 5.69 Å². The minimum atomic E-state index is -0.278. The smallest absolute Gasteiger partial charge is 0.292 e.